The van der Waals surface area contributed by atoms with E-state index in [1.165, 1.54) is 0 Å². The highest BCUT2D eigenvalue weighted by Gasteiger charge is 2.20. The van der Waals surface area contributed by atoms with Gasteiger partial charge in [-0.25, -0.2) is 0 Å². The van der Waals surface area contributed by atoms with Crippen molar-refractivity contribution in [2.75, 3.05) is 33.4 Å². The largest absolute Gasteiger partial charge is 0.383 e. The normalized spacial score (nSPS) is 10.2. The number of amides is 1. The number of rotatable bonds is 8. The van der Waals surface area contributed by atoms with Crippen LogP contribution in [0.2, 0.25) is 0 Å². The molecule has 0 aliphatic rings. The van der Waals surface area contributed by atoms with Crippen LogP contribution in [0, 0.1) is 6.92 Å². The van der Waals surface area contributed by atoms with E-state index in [0.29, 0.717) is 36.7 Å². The van der Waals surface area contributed by atoms with Gasteiger partial charge in [0.05, 0.1) is 6.61 Å². The van der Waals surface area contributed by atoms with Crippen LogP contribution in [0.25, 0.3) is 11.3 Å². The Balaban J connectivity index is 0.00000264. The van der Waals surface area contributed by atoms with Gasteiger partial charge in [0.15, 0.2) is 0 Å². The number of hydrogen-bond acceptors (Lipinski definition) is 5. The molecule has 0 saturated carbocycles. The summed E-state index contributed by atoms with van der Waals surface area (Å²) in [5.41, 5.74) is 1.92. The van der Waals surface area contributed by atoms with E-state index < -0.39 is 0 Å². The van der Waals surface area contributed by atoms with E-state index in [2.05, 4.69) is 15.8 Å². The summed E-state index contributed by atoms with van der Waals surface area (Å²) in [6.45, 7) is 4.36. The lowest BCUT2D eigenvalue weighted by Gasteiger charge is -2.07. The topological polar surface area (TPSA) is 76.4 Å². The molecule has 1 heterocycles. The van der Waals surface area contributed by atoms with Crippen molar-refractivity contribution >= 4 is 18.3 Å². The van der Waals surface area contributed by atoms with Crippen LogP contribution in [-0.4, -0.2) is 44.4 Å². The van der Waals surface area contributed by atoms with Crippen molar-refractivity contribution in [3.8, 4) is 11.3 Å². The van der Waals surface area contributed by atoms with E-state index in [4.69, 9.17) is 9.26 Å². The number of aromatic nitrogens is 1. The summed E-state index contributed by atoms with van der Waals surface area (Å²) in [5, 5.41) is 10.0. The fourth-order valence-corrected chi connectivity index (χ4v) is 2.08. The highest BCUT2D eigenvalue weighted by atomic mass is 35.5. The molecule has 126 valence electrons. The van der Waals surface area contributed by atoms with Gasteiger partial charge in [0.1, 0.15) is 17.0 Å². The molecule has 0 spiro atoms. The predicted octanol–water partition coefficient (Wildman–Crippen LogP) is 2.04. The number of hydrogen-bond donors (Lipinski definition) is 2. The first kappa shape index (κ1) is 19.2. The second-order valence-corrected chi connectivity index (χ2v) is 4.83. The van der Waals surface area contributed by atoms with E-state index in [-0.39, 0.29) is 18.3 Å². The minimum absolute atomic E-state index is 0. The highest BCUT2D eigenvalue weighted by Crippen LogP contribution is 2.24. The first-order chi connectivity index (χ1) is 10.7. The molecule has 0 aliphatic carbocycles. The first-order valence-electron chi connectivity index (χ1n) is 7.23. The smallest absolute Gasteiger partial charge is 0.257 e. The molecule has 1 amide bonds. The van der Waals surface area contributed by atoms with Crippen LogP contribution in [0.15, 0.2) is 34.9 Å². The van der Waals surface area contributed by atoms with Gasteiger partial charge in [0.2, 0.25) is 0 Å². The number of carbonyl (C=O) groups excluding carboxylic acids is 1. The van der Waals surface area contributed by atoms with E-state index in [0.717, 1.165) is 12.1 Å². The molecule has 2 aromatic rings. The zero-order valence-electron chi connectivity index (χ0n) is 13.3. The Morgan fingerprint density at radius 3 is 2.65 bits per heavy atom. The molecule has 0 fully saturated rings. The summed E-state index contributed by atoms with van der Waals surface area (Å²) >= 11 is 0. The molecule has 1 aromatic carbocycles. The van der Waals surface area contributed by atoms with Crippen LogP contribution in [0.3, 0.4) is 0 Å². The molecule has 0 saturated heterocycles. The monoisotopic (exact) mass is 339 g/mol. The third kappa shape index (κ3) is 5.35. The number of carbonyl (C=O) groups is 1. The summed E-state index contributed by atoms with van der Waals surface area (Å²) in [6.07, 6.45) is 0. The Hall–Kier alpha value is -1.89. The van der Waals surface area contributed by atoms with Crippen LogP contribution < -0.4 is 10.6 Å². The van der Waals surface area contributed by atoms with E-state index in [1.54, 1.807) is 14.0 Å². The molecule has 0 aliphatic heterocycles. The van der Waals surface area contributed by atoms with Crippen LogP contribution >= 0.6 is 12.4 Å². The summed E-state index contributed by atoms with van der Waals surface area (Å²) in [5.74, 6) is 0.342. The van der Waals surface area contributed by atoms with E-state index in [1.807, 2.05) is 30.3 Å². The fourth-order valence-electron chi connectivity index (χ4n) is 2.08. The number of benzene rings is 1. The molecule has 0 radical (unpaired) electrons. The van der Waals surface area contributed by atoms with Crippen LogP contribution in [0.5, 0.6) is 0 Å². The second-order valence-electron chi connectivity index (χ2n) is 4.83. The minimum Gasteiger partial charge on any atom is -0.383 e. The number of methoxy groups -OCH3 is 1. The fraction of sp³-hybridized carbons (Fsp3) is 0.375. The number of ether oxygens (including phenoxy) is 1. The van der Waals surface area contributed by atoms with Crippen molar-refractivity contribution in [2.45, 2.75) is 6.92 Å². The summed E-state index contributed by atoms with van der Waals surface area (Å²) < 4.78 is 10.1. The van der Waals surface area contributed by atoms with Crippen molar-refractivity contribution in [3.05, 3.63) is 41.7 Å². The van der Waals surface area contributed by atoms with Crippen LogP contribution in [-0.2, 0) is 4.74 Å². The zero-order valence-corrected chi connectivity index (χ0v) is 14.1. The SMILES string of the molecule is COCCNCCNC(=O)c1c(-c2ccccc2)noc1C.Cl. The van der Waals surface area contributed by atoms with Crippen molar-refractivity contribution < 1.29 is 14.1 Å². The summed E-state index contributed by atoms with van der Waals surface area (Å²) in [4.78, 5) is 12.3. The zero-order chi connectivity index (χ0) is 15.8. The number of halogens is 1. The lowest BCUT2D eigenvalue weighted by molar-refractivity contribution is 0.0952. The van der Waals surface area contributed by atoms with Gasteiger partial charge >= 0.3 is 0 Å². The molecule has 1 aromatic heterocycles. The molecule has 7 heteroatoms. The molecular weight excluding hydrogens is 318 g/mol. The summed E-state index contributed by atoms with van der Waals surface area (Å²) in [7, 11) is 1.66. The van der Waals surface area contributed by atoms with Crippen molar-refractivity contribution in [3.63, 3.8) is 0 Å². The van der Waals surface area contributed by atoms with E-state index in [9.17, 15) is 4.79 Å². The Bertz CT molecular complexity index is 602. The van der Waals surface area contributed by atoms with Gasteiger partial charge in [-0.3, -0.25) is 4.79 Å². The molecule has 0 atom stereocenters. The second kappa shape index (κ2) is 9.99. The Labute approximate surface area is 142 Å². The van der Waals surface area contributed by atoms with Gasteiger partial charge in [-0.2, -0.15) is 0 Å². The number of aryl methyl sites for hydroxylation is 1. The average molecular weight is 340 g/mol. The molecule has 23 heavy (non-hydrogen) atoms. The van der Waals surface area contributed by atoms with Crippen LogP contribution in [0.1, 0.15) is 16.1 Å². The van der Waals surface area contributed by atoms with E-state index >= 15 is 0 Å². The maximum absolute atomic E-state index is 12.3. The van der Waals surface area contributed by atoms with Gasteiger partial charge in [-0.05, 0) is 6.92 Å². The molecule has 2 rings (SSSR count). The average Bonchev–Trinajstić information content (AvgIpc) is 2.93. The number of nitrogens with zero attached hydrogens (tertiary/aromatic N) is 1. The van der Waals surface area contributed by atoms with Gasteiger partial charge in [-0.1, -0.05) is 35.5 Å². The third-order valence-electron chi connectivity index (χ3n) is 3.21. The Morgan fingerprint density at radius 2 is 1.96 bits per heavy atom. The number of nitrogens with one attached hydrogen (secondary N) is 2. The predicted molar refractivity (Wildman–Crippen MR) is 91.0 cm³/mol. The van der Waals surface area contributed by atoms with Gasteiger partial charge in [0, 0.05) is 32.3 Å². The maximum atomic E-state index is 12.3. The first-order valence-corrected chi connectivity index (χ1v) is 7.23. The molecule has 2 N–H and O–H groups in total. The van der Waals surface area contributed by atoms with Crippen molar-refractivity contribution in [1.82, 2.24) is 15.8 Å². The van der Waals surface area contributed by atoms with Gasteiger partial charge < -0.3 is 19.9 Å². The Morgan fingerprint density at radius 1 is 1.22 bits per heavy atom. The van der Waals surface area contributed by atoms with Crippen molar-refractivity contribution in [2.24, 2.45) is 0 Å². The quantitative estimate of drug-likeness (QED) is 0.720. The maximum Gasteiger partial charge on any atom is 0.257 e. The molecule has 0 bridgehead atoms. The minimum atomic E-state index is -0.175. The lowest BCUT2D eigenvalue weighted by Crippen LogP contribution is -2.33. The summed E-state index contributed by atoms with van der Waals surface area (Å²) in [6, 6.07) is 9.53. The lowest BCUT2D eigenvalue weighted by atomic mass is 10.1. The van der Waals surface area contributed by atoms with Crippen molar-refractivity contribution in [1.29, 1.82) is 0 Å². The van der Waals surface area contributed by atoms with Crippen LogP contribution in [0.4, 0.5) is 0 Å². The molecular formula is C16H22ClN3O3. The molecule has 6 nitrogen and oxygen atoms in total. The van der Waals surface area contributed by atoms with Gasteiger partial charge in [-0.15, -0.1) is 12.4 Å². The third-order valence-corrected chi connectivity index (χ3v) is 3.21. The Kier molecular flexibility index (Phi) is 8.32. The highest BCUT2D eigenvalue weighted by molar-refractivity contribution is 6.00. The standard InChI is InChI=1S/C16H21N3O3.ClH/c1-12-14(16(20)18-9-8-17-10-11-21-2)15(19-22-12)13-6-4-3-5-7-13;/h3-7,17H,8-11H2,1-2H3,(H,18,20);1H. The molecule has 0 unspecified atom stereocenters. The van der Waals surface area contributed by atoms with Gasteiger partial charge in [0.25, 0.3) is 5.91 Å².